The van der Waals surface area contributed by atoms with Crippen LogP contribution in [0, 0.1) is 18.7 Å². The Labute approximate surface area is 164 Å². The third-order valence-corrected chi connectivity index (χ3v) is 5.42. The highest BCUT2D eigenvalue weighted by molar-refractivity contribution is 5.92. The second-order valence-corrected chi connectivity index (χ2v) is 7.49. The van der Waals surface area contributed by atoms with Crippen molar-refractivity contribution in [2.75, 3.05) is 13.1 Å². The van der Waals surface area contributed by atoms with Crippen molar-refractivity contribution in [3.8, 4) is 5.69 Å². The van der Waals surface area contributed by atoms with Gasteiger partial charge in [0.05, 0.1) is 5.69 Å². The molecular weight excluding hydrogens is 353 g/mol. The summed E-state index contributed by atoms with van der Waals surface area (Å²) >= 11 is 0. The highest BCUT2D eigenvalue weighted by atomic mass is 19.1. The largest absolute Gasteiger partial charge is 0.337 e. The van der Waals surface area contributed by atoms with E-state index in [-0.39, 0.29) is 11.7 Å². The van der Waals surface area contributed by atoms with Gasteiger partial charge in [0.25, 0.3) is 5.91 Å². The number of aromatic nitrogens is 2. The van der Waals surface area contributed by atoms with E-state index < -0.39 is 0 Å². The minimum Gasteiger partial charge on any atom is -0.337 e. The van der Waals surface area contributed by atoms with Crippen molar-refractivity contribution in [3.05, 3.63) is 83.4 Å². The first kappa shape index (κ1) is 18.4. The molecule has 1 saturated heterocycles. The fourth-order valence-electron chi connectivity index (χ4n) is 3.91. The number of hydrogen-bond acceptors (Lipinski definition) is 2. The standard InChI is InChI=1S/C23H24FN3O/c1-17-14-22(25-27(17)21-8-3-2-4-9-21)23(28)26-12-10-18(11-13-26)15-19-6-5-7-20(24)16-19/h2-9,14,16,18H,10-13,15H2,1H3. The minimum absolute atomic E-state index is 0.0120. The number of halogens is 1. The fraction of sp³-hybridized carbons (Fsp3) is 0.304. The van der Waals surface area contributed by atoms with Crippen LogP contribution in [0.1, 0.15) is 34.6 Å². The second-order valence-electron chi connectivity index (χ2n) is 7.49. The summed E-state index contributed by atoms with van der Waals surface area (Å²) in [6, 6.07) is 18.5. The molecule has 2 aromatic carbocycles. The van der Waals surface area contributed by atoms with Crippen LogP contribution in [0.25, 0.3) is 5.69 Å². The van der Waals surface area contributed by atoms with Crippen molar-refractivity contribution < 1.29 is 9.18 Å². The Morgan fingerprint density at radius 2 is 1.82 bits per heavy atom. The summed E-state index contributed by atoms with van der Waals surface area (Å²) in [7, 11) is 0. The van der Waals surface area contributed by atoms with Gasteiger partial charge in [0.15, 0.2) is 5.69 Å². The monoisotopic (exact) mass is 377 g/mol. The van der Waals surface area contributed by atoms with Crippen molar-refractivity contribution in [1.29, 1.82) is 0 Å². The quantitative estimate of drug-likeness (QED) is 0.675. The molecule has 0 N–H and O–H groups in total. The van der Waals surface area contributed by atoms with E-state index in [0.29, 0.717) is 11.6 Å². The highest BCUT2D eigenvalue weighted by Crippen LogP contribution is 2.23. The summed E-state index contributed by atoms with van der Waals surface area (Å²) in [5.41, 5.74) is 3.41. The molecule has 0 bridgehead atoms. The van der Waals surface area contributed by atoms with Crippen LogP contribution in [-0.4, -0.2) is 33.7 Å². The average molecular weight is 377 g/mol. The summed E-state index contributed by atoms with van der Waals surface area (Å²) in [5, 5.41) is 4.54. The molecule has 144 valence electrons. The highest BCUT2D eigenvalue weighted by Gasteiger charge is 2.25. The molecule has 28 heavy (non-hydrogen) atoms. The number of para-hydroxylation sites is 1. The summed E-state index contributed by atoms with van der Waals surface area (Å²) < 4.78 is 15.2. The first-order valence-corrected chi connectivity index (χ1v) is 9.76. The van der Waals surface area contributed by atoms with Gasteiger partial charge in [-0.05, 0) is 68.0 Å². The van der Waals surface area contributed by atoms with Crippen LogP contribution in [0.2, 0.25) is 0 Å². The van der Waals surface area contributed by atoms with Crippen molar-refractivity contribution >= 4 is 5.91 Å². The first-order chi connectivity index (χ1) is 13.6. The Balaban J connectivity index is 1.39. The lowest BCUT2D eigenvalue weighted by molar-refractivity contribution is 0.0684. The van der Waals surface area contributed by atoms with E-state index in [1.807, 2.05) is 59.0 Å². The van der Waals surface area contributed by atoms with E-state index in [1.54, 1.807) is 12.1 Å². The molecule has 4 rings (SSSR count). The smallest absolute Gasteiger partial charge is 0.274 e. The van der Waals surface area contributed by atoms with E-state index in [2.05, 4.69) is 5.10 Å². The number of aryl methyl sites for hydroxylation is 1. The Morgan fingerprint density at radius 1 is 1.07 bits per heavy atom. The van der Waals surface area contributed by atoms with Gasteiger partial charge in [-0.1, -0.05) is 30.3 Å². The third kappa shape index (κ3) is 3.98. The number of likely N-dealkylation sites (tertiary alicyclic amines) is 1. The number of nitrogens with zero attached hydrogens (tertiary/aromatic N) is 3. The first-order valence-electron chi connectivity index (χ1n) is 9.76. The molecule has 1 aliphatic rings. The predicted molar refractivity (Wildman–Crippen MR) is 107 cm³/mol. The molecule has 0 spiro atoms. The predicted octanol–water partition coefficient (Wildman–Crippen LogP) is 4.41. The van der Waals surface area contributed by atoms with Gasteiger partial charge in [-0.15, -0.1) is 0 Å². The lowest BCUT2D eigenvalue weighted by atomic mass is 9.90. The molecule has 1 amide bonds. The third-order valence-electron chi connectivity index (χ3n) is 5.42. The van der Waals surface area contributed by atoms with E-state index >= 15 is 0 Å². The number of hydrogen-bond donors (Lipinski definition) is 0. The van der Waals surface area contributed by atoms with Gasteiger partial charge in [0.1, 0.15) is 5.82 Å². The van der Waals surface area contributed by atoms with Crippen LogP contribution in [0.5, 0.6) is 0 Å². The average Bonchev–Trinajstić information content (AvgIpc) is 3.10. The van der Waals surface area contributed by atoms with Gasteiger partial charge in [-0.3, -0.25) is 4.79 Å². The molecule has 1 aromatic heterocycles. The van der Waals surface area contributed by atoms with Crippen LogP contribution in [0.4, 0.5) is 4.39 Å². The molecule has 4 nitrogen and oxygen atoms in total. The fourth-order valence-corrected chi connectivity index (χ4v) is 3.91. The van der Waals surface area contributed by atoms with Gasteiger partial charge >= 0.3 is 0 Å². The molecule has 5 heteroatoms. The lowest BCUT2D eigenvalue weighted by Crippen LogP contribution is -2.39. The van der Waals surface area contributed by atoms with Gasteiger partial charge < -0.3 is 4.90 Å². The van der Waals surface area contributed by atoms with Crippen LogP contribution >= 0.6 is 0 Å². The second kappa shape index (κ2) is 7.97. The molecule has 0 saturated carbocycles. The summed E-state index contributed by atoms with van der Waals surface area (Å²) in [6.45, 7) is 3.40. The summed E-state index contributed by atoms with van der Waals surface area (Å²) in [5.74, 6) is 0.283. The molecule has 0 atom stereocenters. The summed E-state index contributed by atoms with van der Waals surface area (Å²) in [6.07, 6.45) is 2.72. The number of amides is 1. The van der Waals surface area contributed by atoms with E-state index in [9.17, 15) is 9.18 Å². The molecular formula is C23H24FN3O. The minimum atomic E-state index is -0.186. The zero-order chi connectivity index (χ0) is 19.5. The topological polar surface area (TPSA) is 38.1 Å². The van der Waals surface area contributed by atoms with Crippen molar-refractivity contribution in [2.24, 2.45) is 5.92 Å². The summed E-state index contributed by atoms with van der Waals surface area (Å²) in [4.78, 5) is 14.8. The van der Waals surface area contributed by atoms with Crippen molar-refractivity contribution in [3.63, 3.8) is 0 Å². The Bertz CT molecular complexity index is 959. The normalized spacial score (nSPS) is 15.0. The molecule has 0 radical (unpaired) electrons. The maximum atomic E-state index is 13.4. The number of piperidine rings is 1. The van der Waals surface area contributed by atoms with E-state index in [1.165, 1.54) is 6.07 Å². The van der Waals surface area contributed by atoms with Crippen LogP contribution < -0.4 is 0 Å². The van der Waals surface area contributed by atoms with Crippen LogP contribution in [0.15, 0.2) is 60.7 Å². The van der Waals surface area contributed by atoms with Crippen molar-refractivity contribution in [1.82, 2.24) is 14.7 Å². The Hall–Kier alpha value is -2.95. The van der Waals surface area contributed by atoms with E-state index in [0.717, 1.165) is 49.3 Å². The van der Waals surface area contributed by atoms with Gasteiger partial charge in [0, 0.05) is 18.8 Å². The molecule has 0 aliphatic carbocycles. The molecule has 2 heterocycles. The van der Waals surface area contributed by atoms with E-state index in [4.69, 9.17) is 0 Å². The number of benzene rings is 2. The SMILES string of the molecule is Cc1cc(C(=O)N2CCC(Cc3cccc(F)c3)CC2)nn1-c1ccccc1. The molecule has 1 aliphatic heterocycles. The van der Waals surface area contributed by atoms with Gasteiger partial charge in [-0.25, -0.2) is 9.07 Å². The lowest BCUT2D eigenvalue weighted by Gasteiger charge is -2.31. The zero-order valence-electron chi connectivity index (χ0n) is 16.0. The zero-order valence-corrected chi connectivity index (χ0v) is 16.0. The Morgan fingerprint density at radius 3 is 2.54 bits per heavy atom. The van der Waals surface area contributed by atoms with Crippen LogP contribution in [-0.2, 0) is 6.42 Å². The maximum Gasteiger partial charge on any atom is 0.274 e. The molecule has 3 aromatic rings. The molecule has 1 fully saturated rings. The van der Waals surface area contributed by atoms with Crippen molar-refractivity contribution in [2.45, 2.75) is 26.2 Å². The Kier molecular flexibility index (Phi) is 5.24. The number of rotatable bonds is 4. The number of carbonyl (C=O) groups is 1. The van der Waals surface area contributed by atoms with Gasteiger partial charge in [-0.2, -0.15) is 5.10 Å². The molecule has 0 unspecified atom stereocenters. The number of carbonyl (C=O) groups excluding carboxylic acids is 1. The van der Waals surface area contributed by atoms with Gasteiger partial charge in [0.2, 0.25) is 0 Å². The van der Waals surface area contributed by atoms with Crippen LogP contribution in [0.3, 0.4) is 0 Å². The maximum absolute atomic E-state index is 13.4.